The molecular weight excluding hydrogens is 406 g/mol. The third kappa shape index (κ3) is 4.47. The van der Waals surface area contributed by atoms with Crippen LogP contribution in [0.5, 0.6) is 0 Å². The first-order chi connectivity index (χ1) is 14.1. The Bertz CT molecular complexity index is 1210. The first-order valence-electron chi connectivity index (χ1n) is 9.57. The number of carbonyl (C=O) groups is 1. The normalized spacial score (nSPS) is 14.0. The summed E-state index contributed by atoms with van der Waals surface area (Å²) in [6.07, 6.45) is 0. The van der Waals surface area contributed by atoms with Gasteiger partial charge >= 0.3 is 5.76 Å². The van der Waals surface area contributed by atoms with Crippen LogP contribution >= 0.6 is 0 Å². The van der Waals surface area contributed by atoms with E-state index in [-0.39, 0.29) is 22.4 Å². The van der Waals surface area contributed by atoms with Crippen molar-refractivity contribution in [2.45, 2.75) is 37.8 Å². The number of hydrogen-bond acceptors (Lipinski definition) is 5. The lowest BCUT2D eigenvalue weighted by Crippen LogP contribution is -2.50. The van der Waals surface area contributed by atoms with Crippen LogP contribution in [-0.4, -0.2) is 24.9 Å². The zero-order chi connectivity index (χ0) is 22.1. The number of amides is 1. The van der Waals surface area contributed by atoms with Gasteiger partial charge in [0.25, 0.3) is 0 Å². The Hall–Kier alpha value is -2.91. The van der Waals surface area contributed by atoms with E-state index < -0.39 is 27.7 Å². The number of aryl methyl sites for hydroxylation is 1. The molecule has 0 fully saturated rings. The van der Waals surface area contributed by atoms with Gasteiger partial charge in [0.1, 0.15) is 6.04 Å². The number of nitrogens with zero attached hydrogens (tertiary/aromatic N) is 1. The molecule has 1 aromatic heterocycles. The first-order valence-corrected chi connectivity index (χ1v) is 11.1. The fourth-order valence-corrected chi connectivity index (χ4v) is 4.50. The molecule has 160 valence electrons. The van der Waals surface area contributed by atoms with Crippen molar-refractivity contribution in [2.24, 2.45) is 13.0 Å². The molecule has 8 nitrogen and oxygen atoms in total. The van der Waals surface area contributed by atoms with Gasteiger partial charge in [0.05, 0.1) is 16.5 Å². The van der Waals surface area contributed by atoms with Gasteiger partial charge in [-0.2, -0.15) is 4.72 Å². The van der Waals surface area contributed by atoms with E-state index >= 15 is 0 Å². The molecule has 0 saturated carbocycles. The fourth-order valence-electron chi connectivity index (χ4n) is 3.14. The Morgan fingerprint density at radius 1 is 1.07 bits per heavy atom. The number of nitrogens with one attached hydrogen (secondary N) is 2. The van der Waals surface area contributed by atoms with Crippen molar-refractivity contribution in [1.82, 2.24) is 14.6 Å². The molecule has 0 aliphatic heterocycles. The summed E-state index contributed by atoms with van der Waals surface area (Å²) in [5, 5.41) is 2.86. The maximum Gasteiger partial charge on any atom is 0.419 e. The van der Waals surface area contributed by atoms with Crippen LogP contribution in [0.15, 0.2) is 62.6 Å². The van der Waals surface area contributed by atoms with Crippen molar-refractivity contribution in [2.75, 3.05) is 0 Å². The van der Waals surface area contributed by atoms with Crippen molar-refractivity contribution < 1.29 is 17.6 Å². The minimum atomic E-state index is -4.03. The molecule has 0 saturated heterocycles. The molecule has 9 heteroatoms. The third-order valence-electron chi connectivity index (χ3n) is 4.96. The maximum atomic E-state index is 12.9. The van der Waals surface area contributed by atoms with Crippen LogP contribution in [0.3, 0.4) is 0 Å². The van der Waals surface area contributed by atoms with Crippen molar-refractivity contribution in [1.29, 1.82) is 0 Å². The smallest absolute Gasteiger partial charge is 0.408 e. The zero-order valence-corrected chi connectivity index (χ0v) is 18.1. The largest absolute Gasteiger partial charge is 0.419 e. The third-order valence-corrected chi connectivity index (χ3v) is 6.40. The molecule has 1 heterocycles. The summed E-state index contributed by atoms with van der Waals surface area (Å²) in [4.78, 5) is 24.4. The first kappa shape index (κ1) is 21.8. The van der Waals surface area contributed by atoms with Gasteiger partial charge in [0, 0.05) is 13.1 Å². The highest BCUT2D eigenvalue weighted by Crippen LogP contribution is 2.19. The van der Waals surface area contributed by atoms with Crippen LogP contribution in [0.1, 0.15) is 32.4 Å². The van der Waals surface area contributed by atoms with Gasteiger partial charge in [-0.15, -0.1) is 0 Å². The second-order valence-electron chi connectivity index (χ2n) is 7.54. The summed E-state index contributed by atoms with van der Waals surface area (Å²) in [6.45, 7) is 5.36. The molecule has 3 rings (SSSR count). The summed E-state index contributed by atoms with van der Waals surface area (Å²) < 4.78 is 34.7. The lowest BCUT2D eigenvalue weighted by atomic mass is 10.0. The summed E-state index contributed by atoms with van der Waals surface area (Å²) in [7, 11) is -2.49. The predicted molar refractivity (Wildman–Crippen MR) is 113 cm³/mol. The topological polar surface area (TPSA) is 110 Å². The van der Waals surface area contributed by atoms with Gasteiger partial charge in [-0.05, 0) is 30.5 Å². The predicted octanol–water partition coefficient (Wildman–Crippen LogP) is 2.31. The molecule has 0 aliphatic rings. The molecule has 3 aromatic rings. The molecule has 30 heavy (non-hydrogen) atoms. The quantitative estimate of drug-likeness (QED) is 0.596. The highest BCUT2D eigenvalue weighted by atomic mass is 32.2. The molecule has 2 aromatic carbocycles. The molecule has 1 amide bonds. The minimum absolute atomic E-state index is 0.0843. The zero-order valence-electron chi connectivity index (χ0n) is 17.2. The van der Waals surface area contributed by atoms with Crippen LogP contribution in [0, 0.1) is 5.92 Å². The Morgan fingerprint density at radius 3 is 2.37 bits per heavy atom. The summed E-state index contributed by atoms with van der Waals surface area (Å²) in [6, 6.07) is 12.3. The van der Waals surface area contributed by atoms with E-state index in [1.807, 2.05) is 37.3 Å². The molecule has 0 radical (unpaired) electrons. The van der Waals surface area contributed by atoms with Crippen molar-refractivity contribution in [3.05, 3.63) is 64.6 Å². The summed E-state index contributed by atoms with van der Waals surface area (Å²) in [5.74, 6) is -1.29. The number of aromatic nitrogens is 1. The van der Waals surface area contributed by atoms with Crippen molar-refractivity contribution in [3.8, 4) is 0 Å². The van der Waals surface area contributed by atoms with Crippen LogP contribution in [-0.2, 0) is 21.9 Å². The maximum absolute atomic E-state index is 12.9. The number of fused-ring (bicyclic) bond motifs is 1. The van der Waals surface area contributed by atoms with Gasteiger partial charge in [0.2, 0.25) is 15.9 Å². The Kier molecular flexibility index (Phi) is 6.14. The lowest BCUT2D eigenvalue weighted by Gasteiger charge is -2.24. The van der Waals surface area contributed by atoms with Crippen LogP contribution in [0.4, 0.5) is 0 Å². The number of carbonyl (C=O) groups excluding carboxylic acids is 1. The molecule has 2 atom stereocenters. The molecular formula is C21H25N3O5S. The lowest BCUT2D eigenvalue weighted by molar-refractivity contribution is -0.124. The second-order valence-corrected chi connectivity index (χ2v) is 9.25. The van der Waals surface area contributed by atoms with E-state index in [1.54, 1.807) is 13.8 Å². The van der Waals surface area contributed by atoms with E-state index in [2.05, 4.69) is 10.0 Å². The molecule has 0 bridgehead atoms. The standard InChI is InChI=1S/C21H25N3O5S/c1-13(2)19(20(25)22-14(3)15-8-6-5-7-9-15)23-30(27,28)16-10-11-17-18(12-16)29-21(26)24(17)4/h5-14,19,23H,1-4H3,(H,22,25)/t14-,19+/m0/s1. The number of oxazole rings is 1. The van der Waals surface area contributed by atoms with Gasteiger partial charge in [-0.25, -0.2) is 13.2 Å². The van der Waals surface area contributed by atoms with E-state index in [0.717, 1.165) is 5.56 Å². The van der Waals surface area contributed by atoms with Gasteiger partial charge in [-0.3, -0.25) is 9.36 Å². The number of benzene rings is 2. The minimum Gasteiger partial charge on any atom is -0.408 e. The second kappa shape index (κ2) is 8.45. The summed E-state index contributed by atoms with van der Waals surface area (Å²) in [5.41, 5.74) is 1.56. The molecule has 0 spiro atoms. The van der Waals surface area contributed by atoms with E-state index in [4.69, 9.17) is 4.42 Å². The molecule has 0 aliphatic carbocycles. The number of rotatable bonds is 7. The van der Waals surface area contributed by atoms with Crippen LogP contribution in [0.25, 0.3) is 11.1 Å². The van der Waals surface area contributed by atoms with Crippen LogP contribution in [0.2, 0.25) is 0 Å². The van der Waals surface area contributed by atoms with E-state index in [1.165, 1.54) is 29.8 Å². The van der Waals surface area contributed by atoms with Gasteiger partial charge < -0.3 is 9.73 Å². The Morgan fingerprint density at radius 2 is 1.73 bits per heavy atom. The number of sulfonamides is 1. The Labute approximate surface area is 174 Å². The van der Waals surface area contributed by atoms with Gasteiger partial charge in [0.15, 0.2) is 5.58 Å². The average Bonchev–Trinajstić information content (AvgIpc) is 2.99. The van der Waals surface area contributed by atoms with Crippen molar-refractivity contribution in [3.63, 3.8) is 0 Å². The molecule has 2 N–H and O–H groups in total. The Balaban J connectivity index is 1.83. The van der Waals surface area contributed by atoms with E-state index in [0.29, 0.717) is 5.52 Å². The highest BCUT2D eigenvalue weighted by molar-refractivity contribution is 7.89. The average molecular weight is 432 g/mol. The van der Waals surface area contributed by atoms with Crippen LogP contribution < -0.4 is 15.8 Å². The monoisotopic (exact) mass is 431 g/mol. The van der Waals surface area contributed by atoms with Crippen molar-refractivity contribution >= 4 is 27.0 Å². The van der Waals surface area contributed by atoms with E-state index in [9.17, 15) is 18.0 Å². The fraction of sp³-hybridized carbons (Fsp3) is 0.333. The number of hydrogen-bond donors (Lipinski definition) is 2. The summed E-state index contributed by atoms with van der Waals surface area (Å²) >= 11 is 0. The highest BCUT2D eigenvalue weighted by Gasteiger charge is 2.29. The SMILES string of the molecule is CC(C)[C@@H](NS(=O)(=O)c1ccc2c(c1)oc(=O)n2C)C(=O)N[C@@H](C)c1ccccc1. The molecule has 0 unspecified atom stereocenters. The van der Waals surface area contributed by atoms with Gasteiger partial charge in [-0.1, -0.05) is 44.2 Å².